The summed E-state index contributed by atoms with van der Waals surface area (Å²) in [6.45, 7) is 2.78. The van der Waals surface area contributed by atoms with Crippen LogP contribution in [0.1, 0.15) is 19.8 Å². The Labute approximate surface area is 76.6 Å². The third-order valence-electron chi connectivity index (χ3n) is 1.62. The van der Waals surface area contributed by atoms with Crippen molar-refractivity contribution >= 4 is 11.9 Å². The maximum atomic E-state index is 11.1. The van der Waals surface area contributed by atoms with E-state index in [0.717, 1.165) is 19.4 Å². The minimum atomic E-state index is -0.606. The quantitative estimate of drug-likeness (QED) is 0.604. The Kier molecular flexibility index (Phi) is 3.31. The number of carbonyl (C=O) groups is 2. The van der Waals surface area contributed by atoms with E-state index >= 15 is 0 Å². The molecule has 0 fully saturated rings. The van der Waals surface area contributed by atoms with Crippen LogP contribution in [-0.4, -0.2) is 18.5 Å². The molecule has 1 aliphatic rings. The molecule has 1 heterocycles. The first kappa shape index (κ1) is 9.57. The van der Waals surface area contributed by atoms with Crippen LogP contribution in [0.4, 0.5) is 4.79 Å². The third-order valence-corrected chi connectivity index (χ3v) is 1.62. The number of urea groups is 1. The van der Waals surface area contributed by atoms with Gasteiger partial charge in [0.25, 0.3) is 5.91 Å². The van der Waals surface area contributed by atoms with Crippen LogP contribution in [0.25, 0.3) is 0 Å². The molecule has 1 rings (SSSR count). The van der Waals surface area contributed by atoms with Crippen molar-refractivity contribution in [2.45, 2.75) is 19.8 Å². The Bertz CT molecular complexity index is 248. The molecule has 0 saturated heterocycles. The lowest BCUT2D eigenvalue weighted by Crippen LogP contribution is -2.43. The van der Waals surface area contributed by atoms with E-state index in [9.17, 15) is 9.59 Å². The fraction of sp³-hybridized carbons (Fsp3) is 0.500. The van der Waals surface area contributed by atoms with Gasteiger partial charge in [0.2, 0.25) is 0 Å². The van der Waals surface area contributed by atoms with Gasteiger partial charge in [-0.15, -0.1) is 0 Å². The summed E-state index contributed by atoms with van der Waals surface area (Å²) in [4.78, 5) is 21.7. The van der Waals surface area contributed by atoms with Gasteiger partial charge in [-0.25, -0.2) is 4.79 Å². The van der Waals surface area contributed by atoms with Gasteiger partial charge in [0.1, 0.15) is 5.70 Å². The van der Waals surface area contributed by atoms with E-state index in [0.29, 0.717) is 5.70 Å². The second kappa shape index (κ2) is 4.49. The Balaban J connectivity index is 2.40. The summed E-state index contributed by atoms with van der Waals surface area (Å²) in [5, 5.41) is 8.42. The van der Waals surface area contributed by atoms with Crippen LogP contribution >= 0.6 is 0 Å². The van der Waals surface area contributed by atoms with Gasteiger partial charge in [-0.1, -0.05) is 13.3 Å². The first-order valence-corrected chi connectivity index (χ1v) is 4.24. The van der Waals surface area contributed by atoms with Crippen LogP contribution in [0, 0.1) is 0 Å². The average Bonchev–Trinajstić information content (AvgIpc) is 2.09. The molecule has 5 heteroatoms. The number of nitrogens with zero attached hydrogens (tertiary/aromatic N) is 1. The number of amides is 3. The zero-order chi connectivity index (χ0) is 9.68. The molecule has 71 valence electrons. The van der Waals surface area contributed by atoms with Crippen molar-refractivity contribution in [3.05, 3.63) is 11.9 Å². The number of hydrogen-bond donors (Lipinski definition) is 2. The molecule has 13 heavy (non-hydrogen) atoms. The molecule has 0 saturated carbocycles. The van der Waals surface area contributed by atoms with Gasteiger partial charge in [-0.3, -0.25) is 10.1 Å². The van der Waals surface area contributed by atoms with Crippen LogP contribution in [0.3, 0.4) is 0 Å². The van der Waals surface area contributed by atoms with Crippen LogP contribution in [0.2, 0.25) is 0 Å². The summed E-state index contributed by atoms with van der Waals surface area (Å²) in [7, 11) is 0. The Hall–Kier alpha value is -1.52. The van der Waals surface area contributed by atoms with Crippen molar-refractivity contribution in [3.63, 3.8) is 0 Å². The Morgan fingerprint density at radius 3 is 2.92 bits per heavy atom. The molecule has 0 aromatic rings. The molecule has 0 atom stereocenters. The molecule has 2 N–H and O–H groups in total. The van der Waals surface area contributed by atoms with Crippen LogP contribution in [0.15, 0.2) is 11.9 Å². The summed E-state index contributed by atoms with van der Waals surface area (Å²) >= 11 is 0. The smallest absolute Gasteiger partial charge is 0.347 e. The molecule has 3 amide bonds. The maximum absolute atomic E-state index is 11.1. The molecule has 1 aliphatic heterocycles. The Morgan fingerprint density at radius 2 is 2.31 bits per heavy atom. The lowest BCUT2D eigenvalue weighted by molar-refractivity contribution is -0.117. The molecule has 5 nitrogen and oxygen atoms in total. The van der Waals surface area contributed by atoms with Gasteiger partial charge in [0.05, 0.1) is 6.20 Å². The summed E-state index contributed by atoms with van der Waals surface area (Å²) in [6.07, 6.45) is 3.30. The molecule has 0 aromatic carbocycles. The zero-order valence-corrected chi connectivity index (χ0v) is 7.46. The highest BCUT2D eigenvalue weighted by atomic mass is 16.2. The zero-order valence-electron chi connectivity index (χ0n) is 7.46. The minimum Gasteiger partial charge on any atom is -0.379 e. The second-order valence-electron chi connectivity index (χ2n) is 2.71. The van der Waals surface area contributed by atoms with Crippen LogP contribution < -0.4 is 16.0 Å². The van der Waals surface area contributed by atoms with Gasteiger partial charge in [-0.05, 0) is 6.42 Å². The minimum absolute atomic E-state index is 0.355. The van der Waals surface area contributed by atoms with Crippen LogP contribution in [0.5, 0.6) is 0 Å². The number of imide groups is 1. The third kappa shape index (κ3) is 2.77. The average molecular weight is 182 g/mol. The monoisotopic (exact) mass is 182 g/mol. The van der Waals surface area contributed by atoms with Gasteiger partial charge >= 0.3 is 6.03 Å². The fourth-order valence-corrected chi connectivity index (χ4v) is 0.904. The van der Waals surface area contributed by atoms with Gasteiger partial charge in [0.15, 0.2) is 0 Å². The highest BCUT2D eigenvalue weighted by molar-refractivity contribution is 6.06. The molecule has 1 radical (unpaired) electrons. The number of rotatable bonds is 4. The SMILES string of the molecule is CCCCNC1=C[N]C(=O)NC1=O. The molecule has 0 aliphatic carbocycles. The van der Waals surface area contributed by atoms with E-state index in [4.69, 9.17) is 0 Å². The molecule has 0 unspecified atom stereocenters. The number of carbonyl (C=O) groups excluding carboxylic acids is 2. The Morgan fingerprint density at radius 1 is 1.54 bits per heavy atom. The van der Waals surface area contributed by atoms with Gasteiger partial charge in [-0.2, -0.15) is 5.32 Å². The fourth-order valence-electron chi connectivity index (χ4n) is 0.904. The molecule has 0 bridgehead atoms. The number of unbranched alkanes of at least 4 members (excludes halogenated alkanes) is 1. The highest BCUT2D eigenvalue weighted by Crippen LogP contribution is 1.95. The van der Waals surface area contributed by atoms with E-state index < -0.39 is 11.9 Å². The van der Waals surface area contributed by atoms with E-state index in [-0.39, 0.29) is 0 Å². The van der Waals surface area contributed by atoms with Gasteiger partial charge in [0, 0.05) is 6.54 Å². The lowest BCUT2D eigenvalue weighted by atomic mass is 10.3. The van der Waals surface area contributed by atoms with E-state index in [1.54, 1.807) is 0 Å². The van der Waals surface area contributed by atoms with Crippen molar-refractivity contribution in [1.82, 2.24) is 16.0 Å². The lowest BCUT2D eigenvalue weighted by Gasteiger charge is -2.13. The first-order valence-electron chi connectivity index (χ1n) is 4.24. The predicted molar refractivity (Wildman–Crippen MR) is 46.7 cm³/mol. The van der Waals surface area contributed by atoms with E-state index in [1.165, 1.54) is 6.20 Å². The molecular weight excluding hydrogens is 170 g/mol. The van der Waals surface area contributed by atoms with Gasteiger partial charge < -0.3 is 5.32 Å². The van der Waals surface area contributed by atoms with Crippen LogP contribution in [-0.2, 0) is 4.79 Å². The molecule has 0 spiro atoms. The highest BCUT2D eigenvalue weighted by Gasteiger charge is 2.18. The summed E-state index contributed by atoms with van der Waals surface area (Å²) < 4.78 is 0. The van der Waals surface area contributed by atoms with Crippen molar-refractivity contribution in [2.75, 3.05) is 6.54 Å². The standard InChI is InChI=1S/C8H12N3O2/c1-2-3-4-9-6-5-10-8(13)11-7(6)12/h5,9H,2-4H2,1H3,(H,11,12,13). The van der Waals surface area contributed by atoms with Crippen molar-refractivity contribution in [1.29, 1.82) is 0 Å². The molecular formula is C8H12N3O2. The molecule has 0 aromatic heterocycles. The van der Waals surface area contributed by atoms with Crippen molar-refractivity contribution in [2.24, 2.45) is 0 Å². The predicted octanol–water partition coefficient (Wildman–Crippen LogP) is 0.0717. The van der Waals surface area contributed by atoms with Crippen molar-refractivity contribution < 1.29 is 9.59 Å². The largest absolute Gasteiger partial charge is 0.379 e. The maximum Gasteiger partial charge on any atom is 0.347 e. The first-order chi connectivity index (χ1) is 6.24. The normalized spacial score (nSPS) is 15.9. The van der Waals surface area contributed by atoms with E-state index in [1.807, 2.05) is 0 Å². The number of hydrogen-bond acceptors (Lipinski definition) is 3. The summed E-state index contributed by atoms with van der Waals surface area (Å²) in [5.74, 6) is -0.406. The topological polar surface area (TPSA) is 72.3 Å². The van der Waals surface area contributed by atoms with Crippen molar-refractivity contribution in [3.8, 4) is 0 Å². The van der Waals surface area contributed by atoms with E-state index in [2.05, 4.69) is 22.9 Å². The summed E-state index contributed by atoms with van der Waals surface area (Å²) in [5.41, 5.74) is 0.355. The summed E-state index contributed by atoms with van der Waals surface area (Å²) in [6, 6.07) is -0.606. The number of nitrogens with one attached hydrogen (secondary N) is 2. The second-order valence-corrected chi connectivity index (χ2v) is 2.71.